The van der Waals surface area contributed by atoms with Gasteiger partial charge in [-0.2, -0.15) is 0 Å². The molecule has 1 aliphatic rings. The maximum absolute atomic E-state index is 9.80. The molecule has 0 amide bonds. The van der Waals surface area contributed by atoms with E-state index in [9.17, 15) is 15.3 Å². The molecule has 0 bridgehead atoms. The third kappa shape index (κ3) is 11.9. The molecule has 1 heterocycles. The maximum Gasteiger partial charge on any atom is 0.111 e. The summed E-state index contributed by atoms with van der Waals surface area (Å²) in [5.41, 5.74) is 0. The molecular formula is C22H42O5. The molecule has 0 radical (unpaired) electrons. The van der Waals surface area contributed by atoms with Gasteiger partial charge in [0.05, 0.1) is 19.8 Å². The minimum absolute atomic E-state index is 0.0287. The van der Waals surface area contributed by atoms with E-state index in [0.29, 0.717) is 6.61 Å². The van der Waals surface area contributed by atoms with Gasteiger partial charge in [0.1, 0.15) is 24.4 Å². The van der Waals surface area contributed by atoms with E-state index in [2.05, 4.69) is 13.0 Å². The van der Waals surface area contributed by atoms with Crippen LogP contribution in [0.4, 0.5) is 0 Å². The normalized spacial score (nSPS) is 26.1. The Balaban J connectivity index is 1.84. The van der Waals surface area contributed by atoms with Crippen LogP contribution in [0.25, 0.3) is 0 Å². The lowest BCUT2D eigenvalue weighted by Gasteiger charge is -2.34. The van der Waals surface area contributed by atoms with Crippen LogP contribution in [-0.4, -0.2) is 59.6 Å². The summed E-state index contributed by atoms with van der Waals surface area (Å²) < 4.78 is 10.8. The lowest BCUT2D eigenvalue weighted by molar-refractivity contribution is -0.198. The zero-order chi connectivity index (χ0) is 19.7. The van der Waals surface area contributed by atoms with Gasteiger partial charge in [-0.05, 0) is 12.8 Å². The van der Waals surface area contributed by atoms with Gasteiger partial charge < -0.3 is 24.8 Å². The molecular weight excluding hydrogens is 344 g/mol. The zero-order valence-electron chi connectivity index (χ0n) is 17.2. The van der Waals surface area contributed by atoms with Gasteiger partial charge in [0, 0.05) is 0 Å². The van der Waals surface area contributed by atoms with Crippen LogP contribution in [0.5, 0.6) is 0 Å². The topological polar surface area (TPSA) is 79.2 Å². The number of aliphatic hydroxyl groups excluding tert-OH is 3. The van der Waals surface area contributed by atoms with Crippen molar-refractivity contribution in [1.82, 2.24) is 0 Å². The van der Waals surface area contributed by atoms with E-state index in [1.165, 1.54) is 70.6 Å². The van der Waals surface area contributed by atoms with Gasteiger partial charge in [0.15, 0.2) is 0 Å². The molecule has 3 N–H and O–H groups in total. The summed E-state index contributed by atoms with van der Waals surface area (Å²) in [7, 11) is 0. The molecule has 0 aromatic heterocycles. The average Bonchev–Trinajstić information content (AvgIpc) is 2.67. The smallest absolute Gasteiger partial charge is 0.111 e. The van der Waals surface area contributed by atoms with Gasteiger partial charge >= 0.3 is 0 Å². The molecule has 27 heavy (non-hydrogen) atoms. The molecule has 1 saturated heterocycles. The van der Waals surface area contributed by atoms with Crippen LogP contribution in [0.15, 0.2) is 12.2 Å². The molecule has 5 heteroatoms. The van der Waals surface area contributed by atoms with Crippen molar-refractivity contribution in [3.8, 4) is 0 Å². The van der Waals surface area contributed by atoms with E-state index < -0.39 is 24.4 Å². The van der Waals surface area contributed by atoms with Gasteiger partial charge in [-0.1, -0.05) is 83.3 Å². The molecule has 1 fully saturated rings. The first-order valence-corrected chi connectivity index (χ1v) is 11.0. The molecule has 0 saturated carbocycles. The van der Waals surface area contributed by atoms with Crippen LogP contribution in [0, 0.1) is 0 Å². The van der Waals surface area contributed by atoms with Gasteiger partial charge in [-0.3, -0.25) is 0 Å². The SMILES string of the molecule is CCCCCCCCCCCCC/C=C/COC[C@@H]1OC[C@@H](O)[C@H](O)[C@H]1O. The van der Waals surface area contributed by atoms with Gasteiger partial charge in [0.2, 0.25) is 0 Å². The number of allylic oxidation sites excluding steroid dienone is 1. The molecule has 0 aromatic carbocycles. The Morgan fingerprint density at radius 3 is 2.04 bits per heavy atom. The largest absolute Gasteiger partial charge is 0.388 e. The maximum atomic E-state index is 9.80. The second-order valence-electron chi connectivity index (χ2n) is 7.75. The van der Waals surface area contributed by atoms with Gasteiger partial charge in [-0.15, -0.1) is 0 Å². The quantitative estimate of drug-likeness (QED) is 0.278. The lowest BCUT2D eigenvalue weighted by Crippen LogP contribution is -2.54. The van der Waals surface area contributed by atoms with Crippen molar-refractivity contribution < 1.29 is 24.8 Å². The van der Waals surface area contributed by atoms with Crippen molar-refractivity contribution >= 4 is 0 Å². The fourth-order valence-corrected chi connectivity index (χ4v) is 3.38. The minimum atomic E-state index is -1.16. The molecule has 4 atom stereocenters. The highest BCUT2D eigenvalue weighted by Crippen LogP contribution is 2.16. The molecule has 1 aliphatic heterocycles. The number of rotatable bonds is 16. The fourth-order valence-electron chi connectivity index (χ4n) is 3.38. The molecule has 1 rings (SSSR count). The Hall–Kier alpha value is -0.460. The van der Waals surface area contributed by atoms with E-state index in [-0.39, 0.29) is 13.2 Å². The first kappa shape index (κ1) is 24.6. The summed E-state index contributed by atoms with van der Waals surface area (Å²) in [6, 6.07) is 0. The van der Waals surface area contributed by atoms with Gasteiger partial charge in [-0.25, -0.2) is 0 Å². The Bertz CT molecular complexity index is 361. The molecule has 160 valence electrons. The van der Waals surface area contributed by atoms with Gasteiger partial charge in [0.25, 0.3) is 0 Å². The monoisotopic (exact) mass is 386 g/mol. The standard InChI is InChI=1S/C22H42O5/c1-2-3-4-5-6-7-8-9-10-11-12-13-14-15-16-26-18-20-22(25)21(24)19(23)17-27-20/h14-15,19-25H,2-13,16-18H2,1H3/b15-14+/t19-,20+,21+,22+/m1/s1. The van der Waals surface area contributed by atoms with Crippen LogP contribution in [-0.2, 0) is 9.47 Å². The summed E-state index contributed by atoms with van der Waals surface area (Å²) in [6.45, 7) is 2.98. The second-order valence-corrected chi connectivity index (χ2v) is 7.75. The number of aliphatic hydroxyl groups is 3. The van der Waals surface area contributed by atoms with Crippen molar-refractivity contribution in [3.63, 3.8) is 0 Å². The second kappa shape index (κ2) is 16.5. The van der Waals surface area contributed by atoms with Crippen LogP contribution in [0.3, 0.4) is 0 Å². The van der Waals surface area contributed by atoms with E-state index >= 15 is 0 Å². The van der Waals surface area contributed by atoms with Crippen molar-refractivity contribution in [3.05, 3.63) is 12.2 Å². The first-order chi connectivity index (χ1) is 13.2. The van der Waals surface area contributed by atoms with E-state index in [1.807, 2.05) is 6.08 Å². The Kier molecular flexibility index (Phi) is 15.0. The lowest BCUT2D eigenvalue weighted by atomic mass is 10.0. The third-order valence-corrected chi connectivity index (χ3v) is 5.24. The van der Waals surface area contributed by atoms with E-state index in [0.717, 1.165) is 6.42 Å². The Labute approximate surface area is 165 Å². The highest BCUT2D eigenvalue weighted by Gasteiger charge is 2.37. The van der Waals surface area contributed by atoms with Crippen LogP contribution < -0.4 is 0 Å². The summed E-state index contributed by atoms with van der Waals surface area (Å²) >= 11 is 0. The van der Waals surface area contributed by atoms with Crippen molar-refractivity contribution in [1.29, 1.82) is 0 Å². The van der Waals surface area contributed by atoms with Crippen molar-refractivity contribution in [2.75, 3.05) is 19.8 Å². The number of unbranched alkanes of at least 4 members (excludes halogenated alkanes) is 11. The number of ether oxygens (including phenoxy) is 2. The van der Waals surface area contributed by atoms with Crippen LogP contribution in [0.2, 0.25) is 0 Å². The van der Waals surface area contributed by atoms with Crippen LogP contribution >= 0.6 is 0 Å². The van der Waals surface area contributed by atoms with Crippen molar-refractivity contribution in [2.24, 2.45) is 0 Å². The predicted molar refractivity (Wildman–Crippen MR) is 109 cm³/mol. The van der Waals surface area contributed by atoms with E-state index in [1.54, 1.807) is 0 Å². The first-order valence-electron chi connectivity index (χ1n) is 11.0. The minimum Gasteiger partial charge on any atom is -0.388 e. The van der Waals surface area contributed by atoms with E-state index in [4.69, 9.17) is 9.47 Å². The van der Waals surface area contributed by atoms with Crippen molar-refractivity contribution in [2.45, 2.75) is 108 Å². The molecule has 0 unspecified atom stereocenters. The summed E-state index contributed by atoms with van der Waals surface area (Å²) in [6.07, 6.45) is 16.3. The average molecular weight is 387 g/mol. The summed E-state index contributed by atoms with van der Waals surface area (Å²) in [5, 5.41) is 28.8. The summed E-state index contributed by atoms with van der Waals surface area (Å²) in [4.78, 5) is 0. The molecule has 0 aliphatic carbocycles. The molecule has 0 spiro atoms. The number of hydrogen-bond acceptors (Lipinski definition) is 5. The third-order valence-electron chi connectivity index (χ3n) is 5.24. The molecule has 5 nitrogen and oxygen atoms in total. The predicted octanol–water partition coefficient (Wildman–Crippen LogP) is 3.74. The highest BCUT2D eigenvalue weighted by molar-refractivity contribution is 4.87. The molecule has 0 aromatic rings. The zero-order valence-corrected chi connectivity index (χ0v) is 17.2. The Morgan fingerprint density at radius 1 is 0.815 bits per heavy atom. The highest BCUT2D eigenvalue weighted by atomic mass is 16.6. The summed E-state index contributed by atoms with van der Waals surface area (Å²) in [5.74, 6) is 0. The number of hydrogen-bond donors (Lipinski definition) is 3. The fraction of sp³-hybridized carbons (Fsp3) is 0.909. The Morgan fingerprint density at radius 2 is 1.41 bits per heavy atom. The van der Waals surface area contributed by atoms with Crippen LogP contribution in [0.1, 0.15) is 84.0 Å².